The summed E-state index contributed by atoms with van der Waals surface area (Å²) in [6.45, 7) is 0. The number of carbonyl (C=O) groups is 2. The van der Waals surface area contributed by atoms with Crippen molar-refractivity contribution in [1.29, 1.82) is 0 Å². The van der Waals surface area contributed by atoms with Crippen LogP contribution in [0.15, 0.2) is 66.9 Å². The van der Waals surface area contributed by atoms with Crippen LogP contribution in [0.5, 0.6) is 11.6 Å². The normalized spacial score (nSPS) is 11.6. The number of Topliss-reactive ketones (excluding diaryl/α,β-unsaturated/α-hetero) is 1. The van der Waals surface area contributed by atoms with Crippen molar-refractivity contribution in [3.8, 4) is 11.6 Å². The molecule has 1 heterocycles. The van der Waals surface area contributed by atoms with Crippen LogP contribution in [0.3, 0.4) is 0 Å². The molecule has 1 unspecified atom stereocenters. The van der Waals surface area contributed by atoms with E-state index in [1.807, 2.05) is 0 Å². The number of aromatic nitrogens is 1. The standard InChI is InChI=1S/C21H15F2NO4/c22-14-5-3-13(4-6-14)12-18(21(26)27)19(25)17-2-1-11-24-20(17)28-16-9-7-15(23)8-10-16/h1-11,18H,12H2,(H,26,27). The minimum atomic E-state index is -1.40. The third kappa shape index (κ3) is 4.56. The van der Waals surface area contributed by atoms with E-state index in [1.54, 1.807) is 0 Å². The average molecular weight is 383 g/mol. The Labute approximate surface area is 159 Å². The molecule has 0 radical (unpaired) electrons. The zero-order chi connectivity index (χ0) is 20.1. The first-order chi connectivity index (χ1) is 13.4. The summed E-state index contributed by atoms with van der Waals surface area (Å²) in [7, 11) is 0. The van der Waals surface area contributed by atoms with Crippen molar-refractivity contribution in [2.45, 2.75) is 6.42 Å². The largest absolute Gasteiger partial charge is 0.481 e. The maximum Gasteiger partial charge on any atom is 0.314 e. The second-order valence-electron chi connectivity index (χ2n) is 6.00. The van der Waals surface area contributed by atoms with Crippen molar-refractivity contribution in [2.24, 2.45) is 5.92 Å². The highest BCUT2D eigenvalue weighted by Gasteiger charge is 2.30. The number of pyridine rings is 1. The number of hydrogen-bond donors (Lipinski definition) is 1. The lowest BCUT2D eigenvalue weighted by molar-refractivity contribution is -0.139. The van der Waals surface area contributed by atoms with Gasteiger partial charge >= 0.3 is 5.97 Å². The summed E-state index contributed by atoms with van der Waals surface area (Å²) in [4.78, 5) is 28.6. The van der Waals surface area contributed by atoms with Gasteiger partial charge in [0.25, 0.3) is 0 Å². The molecule has 142 valence electrons. The van der Waals surface area contributed by atoms with Crippen molar-refractivity contribution in [1.82, 2.24) is 4.98 Å². The van der Waals surface area contributed by atoms with Crippen LogP contribution in [0, 0.1) is 17.6 Å². The first-order valence-corrected chi connectivity index (χ1v) is 8.34. The van der Waals surface area contributed by atoms with E-state index < -0.39 is 29.3 Å². The van der Waals surface area contributed by atoms with Gasteiger partial charge < -0.3 is 9.84 Å². The quantitative estimate of drug-likeness (QED) is 0.487. The Morgan fingerprint density at radius 1 is 0.964 bits per heavy atom. The molecule has 0 fully saturated rings. The Morgan fingerprint density at radius 2 is 1.57 bits per heavy atom. The fourth-order valence-electron chi connectivity index (χ4n) is 2.61. The zero-order valence-electron chi connectivity index (χ0n) is 14.5. The Hall–Kier alpha value is -3.61. The highest BCUT2D eigenvalue weighted by atomic mass is 19.1. The highest BCUT2D eigenvalue weighted by molar-refractivity contribution is 6.09. The number of carboxylic acid groups (broad SMARTS) is 1. The molecule has 1 N–H and O–H groups in total. The van der Waals surface area contributed by atoms with E-state index in [0.717, 1.165) is 0 Å². The number of ether oxygens (including phenoxy) is 1. The predicted molar refractivity (Wildman–Crippen MR) is 96.3 cm³/mol. The summed E-state index contributed by atoms with van der Waals surface area (Å²) in [5.74, 6) is -4.14. The van der Waals surface area contributed by atoms with E-state index >= 15 is 0 Å². The van der Waals surface area contributed by atoms with E-state index in [4.69, 9.17) is 4.74 Å². The number of carbonyl (C=O) groups excluding carboxylic acids is 1. The summed E-state index contributed by atoms with van der Waals surface area (Å²) in [6.07, 6.45) is 1.28. The number of carboxylic acids is 1. The second kappa shape index (κ2) is 8.39. The number of halogens is 2. The van der Waals surface area contributed by atoms with Gasteiger partial charge in [-0.15, -0.1) is 0 Å². The lowest BCUT2D eigenvalue weighted by Gasteiger charge is -2.14. The SMILES string of the molecule is O=C(O)C(Cc1ccc(F)cc1)C(=O)c1cccnc1Oc1ccc(F)cc1. The van der Waals surface area contributed by atoms with Gasteiger partial charge in [-0.1, -0.05) is 12.1 Å². The maximum absolute atomic E-state index is 13.1. The first-order valence-electron chi connectivity index (χ1n) is 8.34. The molecule has 0 aliphatic rings. The molecule has 0 spiro atoms. The number of rotatable bonds is 7. The summed E-state index contributed by atoms with van der Waals surface area (Å²) in [5, 5.41) is 9.53. The Kier molecular flexibility index (Phi) is 5.74. The molecule has 0 saturated heterocycles. The summed E-state index contributed by atoms with van der Waals surface area (Å²) < 4.78 is 31.6. The monoisotopic (exact) mass is 383 g/mol. The van der Waals surface area contributed by atoms with Crippen LogP contribution in [0.1, 0.15) is 15.9 Å². The summed E-state index contributed by atoms with van der Waals surface area (Å²) >= 11 is 0. The summed E-state index contributed by atoms with van der Waals surface area (Å²) in [6, 6.07) is 13.3. The number of benzene rings is 2. The fourth-order valence-corrected chi connectivity index (χ4v) is 2.61. The third-order valence-corrected chi connectivity index (χ3v) is 4.03. The molecule has 1 atom stereocenters. The van der Waals surface area contributed by atoms with Crippen LogP contribution < -0.4 is 4.74 Å². The molecular weight excluding hydrogens is 368 g/mol. The number of hydrogen-bond acceptors (Lipinski definition) is 4. The van der Waals surface area contributed by atoms with Gasteiger partial charge in [-0.05, 0) is 60.5 Å². The molecule has 0 saturated carbocycles. The minimum absolute atomic E-state index is 0.0127. The van der Waals surface area contributed by atoms with Crippen molar-refractivity contribution >= 4 is 11.8 Å². The van der Waals surface area contributed by atoms with E-state index in [-0.39, 0.29) is 23.6 Å². The van der Waals surface area contributed by atoms with E-state index in [2.05, 4.69) is 4.98 Å². The molecule has 28 heavy (non-hydrogen) atoms. The molecule has 0 aliphatic carbocycles. The first kappa shape index (κ1) is 19.2. The van der Waals surface area contributed by atoms with E-state index in [1.165, 1.54) is 66.9 Å². The van der Waals surface area contributed by atoms with E-state index in [9.17, 15) is 23.5 Å². The van der Waals surface area contributed by atoms with Crippen LogP contribution in [-0.2, 0) is 11.2 Å². The zero-order valence-corrected chi connectivity index (χ0v) is 14.5. The van der Waals surface area contributed by atoms with Crippen molar-refractivity contribution in [3.63, 3.8) is 0 Å². The lowest BCUT2D eigenvalue weighted by atomic mass is 9.91. The van der Waals surface area contributed by atoms with E-state index in [0.29, 0.717) is 5.56 Å². The molecule has 0 amide bonds. The van der Waals surface area contributed by atoms with Crippen molar-refractivity contribution in [2.75, 3.05) is 0 Å². The van der Waals surface area contributed by atoms with Crippen molar-refractivity contribution in [3.05, 3.63) is 89.6 Å². The second-order valence-corrected chi connectivity index (χ2v) is 6.00. The topological polar surface area (TPSA) is 76.5 Å². The van der Waals surface area contributed by atoms with Gasteiger partial charge in [0.2, 0.25) is 5.88 Å². The van der Waals surface area contributed by atoms with Gasteiger partial charge in [0, 0.05) is 6.20 Å². The van der Waals surface area contributed by atoms with Gasteiger partial charge in [-0.25, -0.2) is 13.8 Å². The van der Waals surface area contributed by atoms with Crippen LogP contribution >= 0.6 is 0 Å². The van der Waals surface area contributed by atoms with Crippen LogP contribution in [-0.4, -0.2) is 21.8 Å². The number of aliphatic carboxylic acids is 1. The van der Waals surface area contributed by atoms with Gasteiger partial charge in [0.15, 0.2) is 5.78 Å². The smallest absolute Gasteiger partial charge is 0.314 e. The van der Waals surface area contributed by atoms with Gasteiger partial charge in [-0.2, -0.15) is 0 Å². The minimum Gasteiger partial charge on any atom is -0.481 e. The van der Waals surface area contributed by atoms with Gasteiger partial charge in [-0.3, -0.25) is 9.59 Å². The Balaban J connectivity index is 1.87. The lowest BCUT2D eigenvalue weighted by Crippen LogP contribution is -2.26. The molecule has 2 aromatic carbocycles. The molecule has 5 nitrogen and oxygen atoms in total. The highest BCUT2D eigenvalue weighted by Crippen LogP contribution is 2.26. The average Bonchev–Trinajstić information content (AvgIpc) is 2.69. The maximum atomic E-state index is 13.1. The number of ketones is 1. The molecule has 3 rings (SSSR count). The Morgan fingerprint density at radius 3 is 2.18 bits per heavy atom. The Bertz CT molecular complexity index is 988. The molecule has 3 aromatic rings. The third-order valence-electron chi connectivity index (χ3n) is 4.03. The van der Waals surface area contributed by atoms with Crippen molar-refractivity contribution < 1.29 is 28.2 Å². The predicted octanol–water partition coefficient (Wildman–Crippen LogP) is 4.28. The van der Waals surface area contributed by atoms with Gasteiger partial charge in [0.1, 0.15) is 23.3 Å². The van der Waals surface area contributed by atoms with Crippen LogP contribution in [0.25, 0.3) is 0 Å². The molecule has 1 aromatic heterocycles. The van der Waals surface area contributed by atoms with Crippen LogP contribution in [0.4, 0.5) is 8.78 Å². The molecule has 7 heteroatoms. The fraction of sp³-hybridized carbons (Fsp3) is 0.0952. The van der Waals surface area contributed by atoms with Crippen LogP contribution in [0.2, 0.25) is 0 Å². The molecular formula is C21H15F2NO4. The summed E-state index contributed by atoms with van der Waals surface area (Å²) in [5.41, 5.74) is 0.494. The molecule has 0 bridgehead atoms. The van der Waals surface area contributed by atoms with Gasteiger partial charge in [0.05, 0.1) is 5.56 Å². The number of nitrogens with zero attached hydrogens (tertiary/aromatic N) is 1. The molecule has 0 aliphatic heterocycles.